The fraction of sp³-hybridized carbons (Fsp3) is 0.385. The molecular formula is C13H13BrClN3OS. The minimum atomic E-state index is 0.198. The maximum Gasteiger partial charge on any atom is 0.195 e. The summed E-state index contributed by atoms with van der Waals surface area (Å²) in [5.74, 6) is 0.747. The van der Waals surface area contributed by atoms with Crippen molar-refractivity contribution in [3.8, 4) is 11.4 Å². The highest BCUT2D eigenvalue weighted by Crippen LogP contribution is 2.30. The number of ether oxygens (including phenoxy) is 1. The lowest BCUT2D eigenvalue weighted by Crippen LogP contribution is -2.16. The van der Waals surface area contributed by atoms with Gasteiger partial charge in [-0.15, -0.1) is 0 Å². The van der Waals surface area contributed by atoms with Crippen LogP contribution in [0, 0.1) is 4.77 Å². The first kappa shape index (κ1) is 14.3. The van der Waals surface area contributed by atoms with Crippen molar-refractivity contribution in [1.29, 1.82) is 0 Å². The zero-order valence-electron chi connectivity index (χ0n) is 10.6. The van der Waals surface area contributed by atoms with Gasteiger partial charge >= 0.3 is 0 Å². The lowest BCUT2D eigenvalue weighted by atomic mass is 10.2. The van der Waals surface area contributed by atoms with E-state index in [1.807, 2.05) is 22.8 Å². The highest BCUT2D eigenvalue weighted by Gasteiger charge is 2.20. The van der Waals surface area contributed by atoms with Gasteiger partial charge in [0.2, 0.25) is 0 Å². The summed E-state index contributed by atoms with van der Waals surface area (Å²) in [7, 11) is 0. The van der Waals surface area contributed by atoms with Crippen LogP contribution >= 0.6 is 39.7 Å². The number of H-pyrrole nitrogens is 1. The van der Waals surface area contributed by atoms with Crippen LogP contribution in [0.25, 0.3) is 11.4 Å². The van der Waals surface area contributed by atoms with Crippen molar-refractivity contribution in [3.63, 3.8) is 0 Å². The Morgan fingerprint density at radius 3 is 3.15 bits per heavy atom. The molecule has 1 aliphatic rings. The molecule has 3 rings (SSSR count). The number of hydrogen-bond acceptors (Lipinski definition) is 3. The zero-order chi connectivity index (χ0) is 14.1. The van der Waals surface area contributed by atoms with Crippen molar-refractivity contribution >= 4 is 39.7 Å². The summed E-state index contributed by atoms with van der Waals surface area (Å²) >= 11 is 15.0. The third kappa shape index (κ3) is 2.83. The van der Waals surface area contributed by atoms with Gasteiger partial charge in [0.15, 0.2) is 10.6 Å². The van der Waals surface area contributed by atoms with Crippen molar-refractivity contribution in [2.75, 3.05) is 6.61 Å². The van der Waals surface area contributed by atoms with Gasteiger partial charge in [-0.25, -0.2) is 0 Å². The predicted octanol–water partition coefficient (Wildman–Crippen LogP) is 4.20. The fourth-order valence-corrected chi connectivity index (χ4v) is 3.12. The molecule has 7 heteroatoms. The van der Waals surface area contributed by atoms with E-state index in [1.165, 1.54) is 0 Å². The van der Waals surface area contributed by atoms with Gasteiger partial charge in [-0.2, -0.15) is 5.10 Å². The molecule has 0 amide bonds. The number of halogens is 2. The van der Waals surface area contributed by atoms with Crippen LogP contribution in [0.1, 0.15) is 12.8 Å². The van der Waals surface area contributed by atoms with E-state index in [0.717, 1.165) is 35.3 Å². The number of hydrogen-bond donors (Lipinski definition) is 1. The first-order chi connectivity index (χ1) is 9.65. The Kier molecular flexibility index (Phi) is 4.26. The maximum atomic E-state index is 6.28. The van der Waals surface area contributed by atoms with Crippen molar-refractivity contribution in [1.82, 2.24) is 14.8 Å². The van der Waals surface area contributed by atoms with Crippen molar-refractivity contribution < 1.29 is 4.74 Å². The molecule has 1 fully saturated rings. The van der Waals surface area contributed by atoms with Crippen LogP contribution in [0.3, 0.4) is 0 Å². The minimum Gasteiger partial charge on any atom is -0.376 e. The van der Waals surface area contributed by atoms with Gasteiger partial charge in [0.25, 0.3) is 0 Å². The normalized spacial score (nSPS) is 18.6. The largest absolute Gasteiger partial charge is 0.376 e. The van der Waals surface area contributed by atoms with E-state index >= 15 is 0 Å². The molecule has 1 aromatic heterocycles. The van der Waals surface area contributed by atoms with Gasteiger partial charge in [-0.3, -0.25) is 9.67 Å². The van der Waals surface area contributed by atoms with Crippen molar-refractivity contribution in [2.45, 2.75) is 25.5 Å². The maximum absolute atomic E-state index is 6.28. The number of aromatic nitrogens is 3. The monoisotopic (exact) mass is 373 g/mol. The fourth-order valence-electron chi connectivity index (χ4n) is 2.35. The molecular weight excluding hydrogens is 362 g/mol. The topological polar surface area (TPSA) is 42.8 Å². The Bertz CT molecular complexity index is 678. The lowest BCUT2D eigenvalue weighted by molar-refractivity contribution is 0.0970. The van der Waals surface area contributed by atoms with E-state index < -0.39 is 0 Å². The molecule has 4 nitrogen and oxygen atoms in total. The summed E-state index contributed by atoms with van der Waals surface area (Å²) in [5, 5.41) is 7.81. The van der Waals surface area contributed by atoms with Gasteiger partial charge < -0.3 is 4.74 Å². The van der Waals surface area contributed by atoms with E-state index in [-0.39, 0.29) is 6.10 Å². The molecule has 2 heterocycles. The Labute approximate surface area is 135 Å². The smallest absolute Gasteiger partial charge is 0.195 e. The van der Waals surface area contributed by atoms with E-state index in [9.17, 15) is 0 Å². The highest BCUT2D eigenvalue weighted by atomic mass is 79.9. The molecule has 0 aliphatic carbocycles. The summed E-state index contributed by atoms with van der Waals surface area (Å²) in [6.45, 7) is 1.52. The molecule has 0 saturated carbocycles. The number of aromatic amines is 1. The van der Waals surface area contributed by atoms with Gasteiger partial charge in [-0.1, -0.05) is 27.5 Å². The molecule has 0 bridgehead atoms. The summed E-state index contributed by atoms with van der Waals surface area (Å²) in [5.41, 5.74) is 0.853. The molecule has 20 heavy (non-hydrogen) atoms. The third-order valence-corrected chi connectivity index (χ3v) is 4.47. The Hall–Kier alpha value is -0.690. The van der Waals surface area contributed by atoms with Crippen molar-refractivity contribution in [3.05, 3.63) is 32.5 Å². The van der Waals surface area contributed by atoms with E-state index in [2.05, 4.69) is 26.1 Å². The average molecular weight is 375 g/mol. The molecule has 1 aliphatic heterocycles. The van der Waals surface area contributed by atoms with E-state index in [1.54, 1.807) is 0 Å². The highest BCUT2D eigenvalue weighted by molar-refractivity contribution is 9.10. The summed E-state index contributed by atoms with van der Waals surface area (Å²) in [6.07, 6.45) is 2.35. The van der Waals surface area contributed by atoms with Gasteiger partial charge in [0, 0.05) is 16.6 Å². The second-order valence-corrected chi connectivity index (χ2v) is 6.43. The molecule has 1 aromatic carbocycles. The molecule has 1 saturated heterocycles. The first-order valence-electron chi connectivity index (χ1n) is 6.37. The quantitative estimate of drug-likeness (QED) is 0.819. The number of rotatable bonds is 3. The SMILES string of the molecule is S=c1[nH]nc(-c2cc(Br)ccc2Cl)n1C[C@@H]1CCCO1. The lowest BCUT2D eigenvalue weighted by Gasteiger charge is -2.13. The standard InChI is InChI=1S/C13H13BrClN3OS/c14-8-3-4-11(15)10(6-8)12-16-17-13(20)18(12)7-9-2-1-5-19-9/h3-4,6,9H,1-2,5,7H2,(H,17,20)/t9-/m0/s1. The predicted molar refractivity (Wildman–Crippen MR) is 84.5 cm³/mol. The summed E-state index contributed by atoms with van der Waals surface area (Å²) in [4.78, 5) is 0. The van der Waals surface area contributed by atoms with Crippen LogP contribution in [0.15, 0.2) is 22.7 Å². The second kappa shape index (κ2) is 5.97. The van der Waals surface area contributed by atoms with Crippen LogP contribution in [-0.2, 0) is 11.3 Å². The first-order valence-corrected chi connectivity index (χ1v) is 7.95. The molecule has 106 valence electrons. The number of nitrogens with zero attached hydrogens (tertiary/aromatic N) is 2. The number of nitrogens with one attached hydrogen (secondary N) is 1. The molecule has 0 radical (unpaired) electrons. The van der Waals surface area contributed by atoms with Crippen LogP contribution in [0.4, 0.5) is 0 Å². The van der Waals surface area contributed by atoms with Gasteiger partial charge in [0.1, 0.15) is 0 Å². The molecule has 0 spiro atoms. The van der Waals surface area contributed by atoms with Crippen LogP contribution in [0.2, 0.25) is 5.02 Å². The Balaban J connectivity index is 2.01. The minimum absolute atomic E-state index is 0.198. The van der Waals surface area contributed by atoms with Crippen LogP contribution < -0.4 is 0 Å². The van der Waals surface area contributed by atoms with Gasteiger partial charge in [-0.05, 0) is 43.3 Å². The summed E-state index contributed by atoms with van der Waals surface area (Å²) in [6, 6.07) is 5.69. The average Bonchev–Trinajstić information content (AvgIpc) is 3.05. The summed E-state index contributed by atoms with van der Waals surface area (Å²) < 4.78 is 9.17. The van der Waals surface area contributed by atoms with Crippen LogP contribution in [-0.4, -0.2) is 27.5 Å². The molecule has 1 atom stereocenters. The van der Waals surface area contributed by atoms with E-state index in [4.69, 9.17) is 28.6 Å². The third-order valence-electron chi connectivity index (χ3n) is 3.34. The van der Waals surface area contributed by atoms with Crippen LogP contribution in [0.5, 0.6) is 0 Å². The second-order valence-electron chi connectivity index (χ2n) is 4.72. The van der Waals surface area contributed by atoms with Gasteiger partial charge in [0.05, 0.1) is 17.7 Å². The molecule has 2 aromatic rings. The zero-order valence-corrected chi connectivity index (χ0v) is 13.8. The number of benzene rings is 1. The molecule has 0 unspecified atom stereocenters. The molecule has 1 N–H and O–H groups in total. The Morgan fingerprint density at radius 1 is 1.55 bits per heavy atom. The van der Waals surface area contributed by atoms with Crippen molar-refractivity contribution in [2.24, 2.45) is 0 Å². The Morgan fingerprint density at radius 2 is 2.40 bits per heavy atom. The van der Waals surface area contributed by atoms with E-state index in [0.29, 0.717) is 16.3 Å².